The number of rotatable bonds is 5. The van der Waals surface area contributed by atoms with Crippen LogP contribution < -0.4 is 0 Å². The summed E-state index contributed by atoms with van der Waals surface area (Å²) in [4.78, 5) is 12.8. The standard InChI is InChI=1S/C24H23NO2/c1-3-4-16-27-24(26)20-15-14-18(17-10-6-5-7-11-17)22-19-12-8-9-13-21(19)25(2)23(20)22/h5-15H,3-4,16H2,1-2H3. The van der Waals surface area contributed by atoms with Gasteiger partial charge in [0.1, 0.15) is 0 Å². The second-order valence-corrected chi connectivity index (χ2v) is 6.82. The SMILES string of the molecule is CCCCOC(=O)c1ccc(-c2ccccc2)c2c3ccccc3n(C)c12. The molecule has 0 bridgehead atoms. The molecule has 0 fully saturated rings. The lowest BCUT2D eigenvalue weighted by Crippen LogP contribution is -2.08. The highest BCUT2D eigenvalue weighted by atomic mass is 16.5. The second kappa shape index (κ2) is 7.28. The summed E-state index contributed by atoms with van der Waals surface area (Å²) in [7, 11) is 2.02. The van der Waals surface area contributed by atoms with E-state index in [1.54, 1.807) is 0 Å². The second-order valence-electron chi connectivity index (χ2n) is 6.82. The van der Waals surface area contributed by atoms with Gasteiger partial charge >= 0.3 is 5.97 Å². The van der Waals surface area contributed by atoms with E-state index < -0.39 is 0 Å². The van der Waals surface area contributed by atoms with Gasteiger partial charge in [0.2, 0.25) is 0 Å². The Kier molecular flexibility index (Phi) is 4.68. The lowest BCUT2D eigenvalue weighted by Gasteiger charge is -2.10. The van der Waals surface area contributed by atoms with Crippen molar-refractivity contribution in [3.05, 3.63) is 72.3 Å². The number of carbonyl (C=O) groups excluding carboxylic acids is 1. The van der Waals surface area contributed by atoms with Crippen molar-refractivity contribution in [3.8, 4) is 11.1 Å². The van der Waals surface area contributed by atoms with Crippen molar-refractivity contribution in [3.63, 3.8) is 0 Å². The van der Waals surface area contributed by atoms with Gasteiger partial charge in [-0.3, -0.25) is 0 Å². The maximum Gasteiger partial charge on any atom is 0.340 e. The van der Waals surface area contributed by atoms with Gasteiger partial charge in [-0.2, -0.15) is 0 Å². The van der Waals surface area contributed by atoms with Gasteiger partial charge in [-0.1, -0.05) is 67.9 Å². The van der Waals surface area contributed by atoms with E-state index in [1.165, 1.54) is 0 Å². The number of hydrogen-bond acceptors (Lipinski definition) is 2. The van der Waals surface area contributed by atoms with Gasteiger partial charge in [0, 0.05) is 23.3 Å². The third-order valence-corrected chi connectivity index (χ3v) is 5.08. The zero-order chi connectivity index (χ0) is 18.8. The van der Waals surface area contributed by atoms with Crippen molar-refractivity contribution in [1.29, 1.82) is 0 Å². The summed E-state index contributed by atoms with van der Waals surface area (Å²) in [6.45, 7) is 2.55. The number of aromatic nitrogens is 1. The van der Waals surface area contributed by atoms with Crippen molar-refractivity contribution in [2.24, 2.45) is 7.05 Å². The van der Waals surface area contributed by atoms with E-state index in [1.807, 2.05) is 49.5 Å². The zero-order valence-corrected chi connectivity index (χ0v) is 15.7. The summed E-state index contributed by atoms with van der Waals surface area (Å²) in [6, 6.07) is 22.5. The first kappa shape index (κ1) is 17.3. The van der Waals surface area contributed by atoms with Crippen molar-refractivity contribution in [1.82, 2.24) is 4.57 Å². The van der Waals surface area contributed by atoms with E-state index in [2.05, 4.69) is 35.8 Å². The first-order chi connectivity index (χ1) is 13.2. The Morgan fingerprint density at radius 3 is 2.48 bits per heavy atom. The molecule has 0 aliphatic heterocycles. The molecule has 0 aliphatic carbocycles. The van der Waals surface area contributed by atoms with Crippen molar-refractivity contribution in [2.45, 2.75) is 19.8 Å². The minimum absolute atomic E-state index is 0.251. The van der Waals surface area contributed by atoms with Gasteiger partial charge in [-0.15, -0.1) is 0 Å². The van der Waals surface area contributed by atoms with Gasteiger partial charge in [0.15, 0.2) is 0 Å². The molecule has 136 valence electrons. The third kappa shape index (κ3) is 2.99. The van der Waals surface area contributed by atoms with E-state index in [9.17, 15) is 4.79 Å². The monoisotopic (exact) mass is 357 g/mol. The maximum absolute atomic E-state index is 12.8. The highest BCUT2D eigenvalue weighted by molar-refractivity contribution is 6.19. The van der Waals surface area contributed by atoms with E-state index in [4.69, 9.17) is 4.74 Å². The van der Waals surface area contributed by atoms with Gasteiger partial charge in [0.05, 0.1) is 17.7 Å². The number of esters is 1. The van der Waals surface area contributed by atoms with Crippen LogP contribution in [0.5, 0.6) is 0 Å². The van der Waals surface area contributed by atoms with E-state index in [0.29, 0.717) is 12.2 Å². The fourth-order valence-corrected chi connectivity index (χ4v) is 3.72. The average Bonchev–Trinajstić information content (AvgIpc) is 3.02. The van der Waals surface area contributed by atoms with Crippen molar-refractivity contribution in [2.75, 3.05) is 6.61 Å². The Balaban J connectivity index is 1.99. The van der Waals surface area contributed by atoms with E-state index in [0.717, 1.165) is 45.8 Å². The fourth-order valence-electron chi connectivity index (χ4n) is 3.72. The normalized spacial score (nSPS) is 11.2. The topological polar surface area (TPSA) is 31.2 Å². The lowest BCUT2D eigenvalue weighted by molar-refractivity contribution is 0.0501. The highest BCUT2D eigenvalue weighted by Crippen LogP contribution is 2.38. The van der Waals surface area contributed by atoms with Gasteiger partial charge < -0.3 is 9.30 Å². The molecule has 0 radical (unpaired) electrons. The molecule has 1 heterocycles. The first-order valence-corrected chi connectivity index (χ1v) is 9.45. The molecule has 0 saturated carbocycles. The molecular weight excluding hydrogens is 334 g/mol. The number of nitrogens with zero attached hydrogens (tertiary/aromatic N) is 1. The van der Waals surface area contributed by atoms with Crippen LogP contribution in [0.2, 0.25) is 0 Å². The van der Waals surface area contributed by atoms with Crippen LogP contribution in [0.25, 0.3) is 32.9 Å². The zero-order valence-electron chi connectivity index (χ0n) is 15.7. The molecule has 0 spiro atoms. The Morgan fingerprint density at radius 2 is 1.70 bits per heavy atom. The molecule has 3 aromatic carbocycles. The quantitative estimate of drug-likeness (QED) is 0.326. The number of fused-ring (bicyclic) bond motifs is 3. The van der Waals surface area contributed by atoms with Gasteiger partial charge in [0.25, 0.3) is 0 Å². The summed E-state index contributed by atoms with van der Waals surface area (Å²) < 4.78 is 7.63. The number of hydrogen-bond donors (Lipinski definition) is 0. The Hall–Kier alpha value is -3.07. The van der Waals surface area contributed by atoms with Crippen LogP contribution in [0.4, 0.5) is 0 Å². The summed E-state index contributed by atoms with van der Waals surface area (Å²) in [5, 5.41) is 2.25. The summed E-state index contributed by atoms with van der Waals surface area (Å²) >= 11 is 0. The fraction of sp³-hybridized carbons (Fsp3) is 0.208. The summed E-state index contributed by atoms with van der Waals surface area (Å²) in [5.41, 5.74) is 4.94. The van der Waals surface area contributed by atoms with Crippen molar-refractivity contribution < 1.29 is 9.53 Å². The van der Waals surface area contributed by atoms with Crippen LogP contribution in [0, 0.1) is 0 Å². The predicted molar refractivity (Wildman–Crippen MR) is 111 cm³/mol. The first-order valence-electron chi connectivity index (χ1n) is 9.45. The molecule has 0 atom stereocenters. The number of benzene rings is 3. The minimum atomic E-state index is -0.251. The maximum atomic E-state index is 12.8. The molecule has 0 unspecified atom stereocenters. The average molecular weight is 357 g/mol. The number of ether oxygens (including phenoxy) is 1. The van der Waals surface area contributed by atoms with Crippen LogP contribution >= 0.6 is 0 Å². The van der Waals surface area contributed by atoms with E-state index >= 15 is 0 Å². The molecule has 0 N–H and O–H groups in total. The molecule has 27 heavy (non-hydrogen) atoms. The summed E-state index contributed by atoms with van der Waals surface area (Å²) in [6.07, 6.45) is 1.88. The molecule has 4 aromatic rings. The van der Waals surface area contributed by atoms with Crippen molar-refractivity contribution >= 4 is 27.8 Å². The Labute approximate surface area is 159 Å². The van der Waals surface area contributed by atoms with Crippen LogP contribution in [0.15, 0.2) is 66.7 Å². The van der Waals surface area contributed by atoms with Crippen LogP contribution in [-0.2, 0) is 11.8 Å². The molecule has 0 saturated heterocycles. The molecule has 4 rings (SSSR count). The van der Waals surface area contributed by atoms with Crippen LogP contribution in [0.1, 0.15) is 30.1 Å². The van der Waals surface area contributed by atoms with Crippen LogP contribution in [-0.4, -0.2) is 17.1 Å². The molecule has 0 aliphatic rings. The molecular formula is C24H23NO2. The Bertz CT molecular complexity index is 1110. The number of para-hydroxylation sites is 1. The number of aryl methyl sites for hydroxylation is 1. The molecule has 3 nitrogen and oxygen atoms in total. The van der Waals surface area contributed by atoms with Crippen LogP contribution in [0.3, 0.4) is 0 Å². The molecule has 0 amide bonds. The summed E-state index contributed by atoms with van der Waals surface area (Å²) in [5.74, 6) is -0.251. The largest absolute Gasteiger partial charge is 0.462 e. The smallest absolute Gasteiger partial charge is 0.340 e. The van der Waals surface area contributed by atoms with Gasteiger partial charge in [-0.05, 0) is 29.7 Å². The number of carbonyl (C=O) groups is 1. The molecule has 1 aromatic heterocycles. The van der Waals surface area contributed by atoms with Gasteiger partial charge in [-0.25, -0.2) is 4.79 Å². The highest BCUT2D eigenvalue weighted by Gasteiger charge is 2.20. The van der Waals surface area contributed by atoms with E-state index in [-0.39, 0.29) is 5.97 Å². The minimum Gasteiger partial charge on any atom is -0.462 e. The molecule has 3 heteroatoms. The third-order valence-electron chi connectivity index (χ3n) is 5.08. The lowest BCUT2D eigenvalue weighted by atomic mass is 9.97. The number of unbranched alkanes of at least 4 members (excludes halogenated alkanes) is 1. The Morgan fingerprint density at radius 1 is 0.963 bits per heavy atom. The predicted octanol–water partition coefficient (Wildman–Crippen LogP) is 5.96.